The highest BCUT2D eigenvalue weighted by atomic mass is 35.5. The van der Waals surface area contributed by atoms with E-state index in [2.05, 4.69) is 0 Å². The Hall–Kier alpha value is -2.41. The lowest BCUT2D eigenvalue weighted by molar-refractivity contribution is 0.174. The molecule has 2 aromatic carbocycles. The average molecular weight is 425 g/mol. The molecule has 3 aromatic rings. The summed E-state index contributed by atoms with van der Waals surface area (Å²) in [6, 6.07) is 11.2. The molecule has 0 bridgehead atoms. The number of benzene rings is 2. The Bertz CT molecular complexity index is 998. The van der Waals surface area contributed by atoms with E-state index in [0.29, 0.717) is 17.2 Å². The van der Waals surface area contributed by atoms with Crippen LogP contribution in [0.25, 0.3) is 10.8 Å². The minimum atomic E-state index is -0.419. The number of nitrogens with zero attached hydrogens (tertiary/aromatic N) is 1. The molecule has 1 unspecified atom stereocenters. The normalized spacial score (nSPS) is 12.7. The third-order valence-electron chi connectivity index (χ3n) is 4.54. The highest BCUT2D eigenvalue weighted by Crippen LogP contribution is 2.39. The second-order valence-electron chi connectivity index (χ2n) is 6.17. The molecule has 1 aliphatic heterocycles. The Morgan fingerprint density at radius 3 is 2.32 bits per heavy atom. The molecule has 8 heteroatoms. The van der Waals surface area contributed by atoms with Crippen molar-refractivity contribution in [2.45, 2.75) is 13.0 Å². The quantitative estimate of drug-likeness (QED) is 0.676. The Balaban J connectivity index is 0.00000140. The lowest BCUT2D eigenvalue weighted by atomic mass is 9.98. The van der Waals surface area contributed by atoms with Crippen LogP contribution in [-0.4, -0.2) is 26.0 Å². The summed E-state index contributed by atoms with van der Waals surface area (Å²) >= 11 is 0. The van der Waals surface area contributed by atoms with Gasteiger partial charge in [-0.15, -0.1) is 24.8 Å². The average Bonchev–Trinajstić information content (AvgIpc) is 3.11. The third-order valence-corrected chi connectivity index (χ3v) is 4.54. The zero-order valence-electron chi connectivity index (χ0n) is 15.7. The van der Waals surface area contributed by atoms with Gasteiger partial charge in [0.2, 0.25) is 6.79 Å². The number of halogens is 2. The first-order chi connectivity index (χ1) is 12.6. The summed E-state index contributed by atoms with van der Waals surface area (Å²) in [5, 5.41) is 1.97. The Morgan fingerprint density at radius 2 is 1.64 bits per heavy atom. The molecular formula is C20H22Cl2N2O4. The number of nitrogens with two attached hydrogens (primary N) is 1. The molecule has 0 radical (unpaired) electrons. The maximum absolute atomic E-state index is 6.58. The van der Waals surface area contributed by atoms with Crippen LogP contribution < -0.4 is 24.7 Å². The van der Waals surface area contributed by atoms with Gasteiger partial charge in [0, 0.05) is 11.1 Å². The lowest BCUT2D eigenvalue weighted by Crippen LogP contribution is -2.15. The van der Waals surface area contributed by atoms with Crippen molar-refractivity contribution in [3.63, 3.8) is 0 Å². The number of rotatable bonds is 4. The summed E-state index contributed by atoms with van der Waals surface area (Å²) in [5.74, 6) is 2.75. The molecule has 0 aliphatic carbocycles. The molecule has 1 aliphatic rings. The van der Waals surface area contributed by atoms with Crippen LogP contribution in [0.5, 0.6) is 23.0 Å². The molecule has 4 rings (SSSR count). The molecule has 0 saturated heterocycles. The first-order valence-electron chi connectivity index (χ1n) is 8.29. The number of ether oxygens (including phenoxy) is 4. The number of pyridine rings is 1. The monoisotopic (exact) mass is 424 g/mol. The van der Waals surface area contributed by atoms with Gasteiger partial charge in [0.05, 0.1) is 26.0 Å². The number of hydrogen-bond donors (Lipinski definition) is 1. The molecule has 150 valence electrons. The fourth-order valence-electron chi connectivity index (χ4n) is 3.25. The van der Waals surface area contributed by atoms with Crippen molar-refractivity contribution in [3.8, 4) is 23.0 Å². The van der Waals surface area contributed by atoms with Gasteiger partial charge >= 0.3 is 0 Å². The van der Waals surface area contributed by atoms with Crippen molar-refractivity contribution >= 4 is 35.6 Å². The molecule has 0 saturated carbocycles. The third kappa shape index (κ3) is 3.76. The highest BCUT2D eigenvalue weighted by Gasteiger charge is 2.21. The van der Waals surface area contributed by atoms with Gasteiger partial charge in [-0.3, -0.25) is 4.98 Å². The molecular weight excluding hydrogens is 403 g/mol. The van der Waals surface area contributed by atoms with Crippen LogP contribution in [0.4, 0.5) is 0 Å². The first kappa shape index (κ1) is 21.9. The van der Waals surface area contributed by atoms with E-state index >= 15 is 0 Å². The Morgan fingerprint density at radius 1 is 0.964 bits per heavy atom. The minimum Gasteiger partial charge on any atom is -0.493 e. The van der Waals surface area contributed by atoms with E-state index in [9.17, 15) is 0 Å². The van der Waals surface area contributed by atoms with Crippen LogP contribution in [0.1, 0.15) is 23.0 Å². The van der Waals surface area contributed by atoms with Crippen LogP contribution in [-0.2, 0) is 0 Å². The van der Waals surface area contributed by atoms with Crippen LogP contribution in [0.2, 0.25) is 0 Å². The van der Waals surface area contributed by atoms with Crippen LogP contribution in [0, 0.1) is 6.92 Å². The summed E-state index contributed by atoms with van der Waals surface area (Å²) < 4.78 is 21.7. The summed E-state index contributed by atoms with van der Waals surface area (Å²) in [6.07, 6.45) is 0. The van der Waals surface area contributed by atoms with E-state index in [1.54, 1.807) is 14.2 Å². The van der Waals surface area contributed by atoms with Crippen molar-refractivity contribution in [3.05, 3.63) is 53.3 Å². The second kappa shape index (κ2) is 8.73. The lowest BCUT2D eigenvalue weighted by Gasteiger charge is -2.17. The SMILES string of the molecule is COc1ccc(C(N)c2nc(C)cc3cc4c(cc23)OCO4)cc1OC.Cl.Cl. The van der Waals surface area contributed by atoms with Gasteiger partial charge in [-0.1, -0.05) is 6.07 Å². The number of fused-ring (bicyclic) bond motifs is 2. The number of methoxy groups -OCH3 is 2. The second-order valence-corrected chi connectivity index (χ2v) is 6.17. The van der Waals surface area contributed by atoms with Crippen molar-refractivity contribution in [1.29, 1.82) is 0 Å². The van der Waals surface area contributed by atoms with Crippen molar-refractivity contribution in [2.24, 2.45) is 5.73 Å². The summed E-state index contributed by atoms with van der Waals surface area (Å²) in [6.45, 7) is 2.18. The van der Waals surface area contributed by atoms with E-state index in [4.69, 9.17) is 29.7 Å². The van der Waals surface area contributed by atoms with Crippen molar-refractivity contribution in [1.82, 2.24) is 4.98 Å². The van der Waals surface area contributed by atoms with E-state index in [1.807, 2.05) is 43.3 Å². The fraction of sp³-hybridized carbons (Fsp3) is 0.250. The van der Waals surface area contributed by atoms with Gasteiger partial charge in [-0.2, -0.15) is 0 Å². The predicted octanol–water partition coefficient (Wildman–Crippen LogP) is 4.18. The summed E-state index contributed by atoms with van der Waals surface area (Å²) in [7, 11) is 3.21. The Kier molecular flexibility index (Phi) is 6.82. The Labute approximate surface area is 175 Å². The largest absolute Gasteiger partial charge is 0.493 e. The van der Waals surface area contributed by atoms with Crippen LogP contribution in [0.3, 0.4) is 0 Å². The molecule has 0 fully saturated rings. The van der Waals surface area contributed by atoms with E-state index in [-0.39, 0.29) is 31.6 Å². The van der Waals surface area contributed by atoms with Gasteiger partial charge in [0.25, 0.3) is 0 Å². The topological polar surface area (TPSA) is 75.8 Å². The molecule has 2 heterocycles. The summed E-state index contributed by atoms with van der Waals surface area (Å²) in [5.41, 5.74) is 9.14. The smallest absolute Gasteiger partial charge is 0.231 e. The number of aromatic nitrogens is 1. The molecule has 1 atom stereocenters. The van der Waals surface area contributed by atoms with Gasteiger partial charge in [-0.25, -0.2) is 0 Å². The van der Waals surface area contributed by atoms with E-state index in [1.165, 1.54) is 0 Å². The molecule has 0 amide bonds. The summed E-state index contributed by atoms with van der Waals surface area (Å²) in [4.78, 5) is 4.71. The zero-order chi connectivity index (χ0) is 18.3. The van der Waals surface area contributed by atoms with Crippen molar-refractivity contribution < 1.29 is 18.9 Å². The number of aryl methyl sites for hydroxylation is 1. The van der Waals surface area contributed by atoms with Gasteiger partial charge < -0.3 is 24.7 Å². The van der Waals surface area contributed by atoms with Crippen LogP contribution >= 0.6 is 24.8 Å². The maximum atomic E-state index is 6.58. The van der Waals surface area contributed by atoms with E-state index < -0.39 is 6.04 Å². The fourth-order valence-corrected chi connectivity index (χ4v) is 3.25. The first-order valence-corrected chi connectivity index (χ1v) is 8.29. The molecule has 0 spiro atoms. The minimum absolute atomic E-state index is 0. The molecule has 28 heavy (non-hydrogen) atoms. The van der Waals surface area contributed by atoms with Gasteiger partial charge in [0.1, 0.15) is 0 Å². The van der Waals surface area contributed by atoms with Crippen LogP contribution in [0.15, 0.2) is 36.4 Å². The van der Waals surface area contributed by atoms with E-state index in [0.717, 1.165) is 33.5 Å². The molecule has 1 aromatic heterocycles. The molecule has 2 N–H and O–H groups in total. The zero-order valence-corrected chi connectivity index (χ0v) is 17.4. The predicted molar refractivity (Wildman–Crippen MR) is 113 cm³/mol. The maximum Gasteiger partial charge on any atom is 0.231 e. The standard InChI is InChI=1S/C20H20N2O4.2ClH/c1-11-6-13-8-17-18(26-10-25-17)9-14(13)20(22-11)19(21)12-4-5-15(23-2)16(7-12)24-3;;/h4-9,19H,10,21H2,1-3H3;2*1H. The van der Waals surface area contributed by atoms with Crippen molar-refractivity contribution in [2.75, 3.05) is 21.0 Å². The highest BCUT2D eigenvalue weighted by molar-refractivity contribution is 5.89. The van der Waals surface area contributed by atoms with Gasteiger partial charge in [0.15, 0.2) is 23.0 Å². The number of hydrogen-bond acceptors (Lipinski definition) is 6. The van der Waals surface area contributed by atoms with Gasteiger partial charge in [-0.05, 0) is 48.2 Å². The molecule has 6 nitrogen and oxygen atoms in total.